The summed E-state index contributed by atoms with van der Waals surface area (Å²) in [5.41, 5.74) is 4.33. The number of nitrogens with zero attached hydrogens (tertiary/aromatic N) is 2. The van der Waals surface area contributed by atoms with Crippen LogP contribution in [0, 0.1) is 12.8 Å². The standard InChI is InChI=1S/C23H36N2O/c1-4-19-8-12-24(13-9-19)17-23(26)25-14-10-21(11-15-25)22-7-6-20(5-2)18(3)16-22/h6-7,16,19,21H,4-5,8-15,17H2,1-3H3. The summed E-state index contributed by atoms with van der Waals surface area (Å²) >= 11 is 0. The molecule has 2 heterocycles. The van der Waals surface area contributed by atoms with Gasteiger partial charge in [-0.2, -0.15) is 0 Å². The van der Waals surface area contributed by atoms with Gasteiger partial charge in [0.1, 0.15) is 0 Å². The normalized spacial score (nSPS) is 20.5. The number of likely N-dealkylation sites (tertiary alicyclic amines) is 2. The Hall–Kier alpha value is -1.35. The lowest BCUT2D eigenvalue weighted by Crippen LogP contribution is -2.45. The van der Waals surface area contributed by atoms with Gasteiger partial charge in [-0.3, -0.25) is 9.69 Å². The van der Waals surface area contributed by atoms with Gasteiger partial charge in [0.15, 0.2) is 0 Å². The Kier molecular flexibility index (Phi) is 6.74. The van der Waals surface area contributed by atoms with Gasteiger partial charge >= 0.3 is 0 Å². The van der Waals surface area contributed by atoms with E-state index in [-0.39, 0.29) is 0 Å². The number of hydrogen-bond acceptors (Lipinski definition) is 2. The zero-order valence-electron chi connectivity index (χ0n) is 17.0. The number of carbonyl (C=O) groups excluding carboxylic acids is 1. The summed E-state index contributed by atoms with van der Waals surface area (Å²) in [7, 11) is 0. The van der Waals surface area contributed by atoms with Gasteiger partial charge in [-0.1, -0.05) is 38.5 Å². The van der Waals surface area contributed by atoms with Gasteiger partial charge in [0.25, 0.3) is 0 Å². The summed E-state index contributed by atoms with van der Waals surface area (Å²) in [6.45, 7) is 11.4. The molecule has 1 aromatic carbocycles. The SMILES string of the molecule is CCc1ccc(C2CCN(C(=O)CN3CCC(CC)CC3)CC2)cc1C. The fourth-order valence-corrected chi connectivity index (χ4v) is 4.68. The number of amides is 1. The molecule has 0 aliphatic carbocycles. The maximum atomic E-state index is 12.7. The van der Waals surface area contributed by atoms with Crippen molar-refractivity contribution in [1.82, 2.24) is 9.80 Å². The average molecular weight is 357 g/mol. The van der Waals surface area contributed by atoms with Crippen LogP contribution in [0.15, 0.2) is 18.2 Å². The van der Waals surface area contributed by atoms with Gasteiger partial charge in [-0.15, -0.1) is 0 Å². The summed E-state index contributed by atoms with van der Waals surface area (Å²) < 4.78 is 0. The van der Waals surface area contributed by atoms with Gasteiger partial charge in [0.05, 0.1) is 6.54 Å². The highest BCUT2D eigenvalue weighted by Crippen LogP contribution is 2.29. The lowest BCUT2D eigenvalue weighted by molar-refractivity contribution is -0.133. The maximum absolute atomic E-state index is 12.7. The molecule has 144 valence electrons. The van der Waals surface area contributed by atoms with Crippen LogP contribution in [0.25, 0.3) is 0 Å². The summed E-state index contributed by atoms with van der Waals surface area (Å²) in [5.74, 6) is 1.83. The third kappa shape index (κ3) is 4.68. The molecule has 0 bridgehead atoms. The predicted octanol–water partition coefficient (Wildman–Crippen LogP) is 4.39. The van der Waals surface area contributed by atoms with Crippen LogP contribution in [0.4, 0.5) is 0 Å². The third-order valence-electron chi connectivity index (χ3n) is 6.71. The van der Waals surface area contributed by atoms with Crippen LogP contribution >= 0.6 is 0 Å². The van der Waals surface area contributed by atoms with Crippen LogP contribution in [0.3, 0.4) is 0 Å². The smallest absolute Gasteiger partial charge is 0.236 e. The molecule has 3 rings (SSSR count). The van der Waals surface area contributed by atoms with E-state index in [1.807, 2.05) is 0 Å². The Morgan fingerprint density at radius 1 is 1.04 bits per heavy atom. The van der Waals surface area contributed by atoms with Gasteiger partial charge in [0.2, 0.25) is 5.91 Å². The Labute approximate surface area is 159 Å². The average Bonchev–Trinajstić information content (AvgIpc) is 2.68. The lowest BCUT2D eigenvalue weighted by Gasteiger charge is -2.36. The fraction of sp³-hybridized carbons (Fsp3) is 0.696. The zero-order chi connectivity index (χ0) is 18.5. The van der Waals surface area contributed by atoms with E-state index >= 15 is 0 Å². The molecule has 0 spiro atoms. The number of benzene rings is 1. The molecule has 0 aromatic heterocycles. The quantitative estimate of drug-likeness (QED) is 0.781. The summed E-state index contributed by atoms with van der Waals surface area (Å²) in [5, 5.41) is 0. The maximum Gasteiger partial charge on any atom is 0.236 e. The number of piperidine rings is 2. The van der Waals surface area contributed by atoms with Gasteiger partial charge in [-0.25, -0.2) is 0 Å². The molecular formula is C23H36N2O. The highest BCUT2D eigenvalue weighted by Gasteiger charge is 2.26. The molecule has 2 aliphatic heterocycles. The monoisotopic (exact) mass is 356 g/mol. The van der Waals surface area contributed by atoms with E-state index in [0.29, 0.717) is 18.4 Å². The first-order valence-electron chi connectivity index (χ1n) is 10.7. The highest BCUT2D eigenvalue weighted by molar-refractivity contribution is 5.78. The summed E-state index contributed by atoms with van der Waals surface area (Å²) in [4.78, 5) is 17.2. The number of aryl methyl sites for hydroxylation is 2. The topological polar surface area (TPSA) is 23.6 Å². The molecule has 2 saturated heterocycles. The van der Waals surface area contributed by atoms with Crippen molar-refractivity contribution in [3.8, 4) is 0 Å². The molecular weight excluding hydrogens is 320 g/mol. The van der Waals surface area contributed by atoms with E-state index in [4.69, 9.17) is 0 Å². The van der Waals surface area contributed by atoms with Crippen LogP contribution in [-0.2, 0) is 11.2 Å². The molecule has 0 saturated carbocycles. The minimum atomic E-state index is 0.343. The van der Waals surface area contributed by atoms with Crippen molar-refractivity contribution in [2.45, 2.75) is 65.2 Å². The predicted molar refractivity (Wildman–Crippen MR) is 109 cm³/mol. The second-order valence-corrected chi connectivity index (χ2v) is 8.32. The molecule has 1 amide bonds. The van der Waals surface area contributed by atoms with E-state index in [1.54, 1.807) is 0 Å². The number of rotatable bonds is 5. The van der Waals surface area contributed by atoms with Gasteiger partial charge in [0, 0.05) is 13.1 Å². The second-order valence-electron chi connectivity index (χ2n) is 8.32. The van der Waals surface area contributed by atoms with Crippen molar-refractivity contribution in [3.05, 3.63) is 34.9 Å². The van der Waals surface area contributed by atoms with Crippen LogP contribution in [0.2, 0.25) is 0 Å². The molecule has 0 atom stereocenters. The van der Waals surface area contributed by atoms with E-state index in [1.165, 1.54) is 36.0 Å². The van der Waals surface area contributed by atoms with Crippen LogP contribution in [-0.4, -0.2) is 48.4 Å². The lowest BCUT2D eigenvalue weighted by atomic mass is 9.87. The molecule has 1 aromatic rings. The van der Waals surface area contributed by atoms with Crippen molar-refractivity contribution in [3.63, 3.8) is 0 Å². The molecule has 0 unspecified atom stereocenters. The minimum absolute atomic E-state index is 0.343. The number of carbonyl (C=O) groups is 1. The third-order valence-corrected chi connectivity index (χ3v) is 6.71. The van der Waals surface area contributed by atoms with Crippen molar-refractivity contribution in [1.29, 1.82) is 0 Å². The Bertz CT molecular complexity index is 596. The zero-order valence-corrected chi connectivity index (χ0v) is 17.0. The Balaban J connectivity index is 1.47. The molecule has 0 N–H and O–H groups in total. The van der Waals surface area contributed by atoms with Crippen LogP contribution in [0.1, 0.15) is 68.6 Å². The van der Waals surface area contributed by atoms with Gasteiger partial charge in [-0.05, 0) is 80.6 Å². The number of hydrogen-bond donors (Lipinski definition) is 0. The van der Waals surface area contributed by atoms with E-state index in [0.717, 1.165) is 51.4 Å². The van der Waals surface area contributed by atoms with Crippen molar-refractivity contribution >= 4 is 5.91 Å². The highest BCUT2D eigenvalue weighted by atomic mass is 16.2. The Morgan fingerprint density at radius 2 is 1.73 bits per heavy atom. The largest absolute Gasteiger partial charge is 0.342 e. The van der Waals surface area contributed by atoms with E-state index in [2.05, 4.69) is 48.8 Å². The van der Waals surface area contributed by atoms with Crippen molar-refractivity contribution < 1.29 is 4.79 Å². The molecule has 0 radical (unpaired) electrons. The Morgan fingerprint density at radius 3 is 2.31 bits per heavy atom. The van der Waals surface area contributed by atoms with Crippen molar-refractivity contribution in [2.24, 2.45) is 5.92 Å². The van der Waals surface area contributed by atoms with Gasteiger partial charge < -0.3 is 4.90 Å². The molecule has 2 aliphatic rings. The van der Waals surface area contributed by atoms with E-state index in [9.17, 15) is 4.79 Å². The van der Waals surface area contributed by atoms with Crippen LogP contribution in [0.5, 0.6) is 0 Å². The molecule has 26 heavy (non-hydrogen) atoms. The molecule has 3 nitrogen and oxygen atoms in total. The molecule has 3 heteroatoms. The first-order valence-corrected chi connectivity index (χ1v) is 10.7. The summed E-state index contributed by atoms with van der Waals surface area (Å²) in [6.07, 6.45) is 7.13. The van der Waals surface area contributed by atoms with Crippen LogP contribution < -0.4 is 0 Å². The second kappa shape index (κ2) is 9.03. The molecule has 2 fully saturated rings. The minimum Gasteiger partial charge on any atom is -0.342 e. The first kappa shape index (κ1) is 19.4. The first-order chi connectivity index (χ1) is 12.6. The summed E-state index contributed by atoms with van der Waals surface area (Å²) in [6, 6.07) is 6.98. The fourth-order valence-electron chi connectivity index (χ4n) is 4.68. The van der Waals surface area contributed by atoms with Crippen molar-refractivity contribution in [2.75, 3.05) is 32.7 Å². The van der Waals surface area contributed by atoms with E-state index < -0.39 is 0 Å².